The van der Waals surface area contributed by atoms with Gasteiger partial charge in [0, 0.05) is 31.5 Å². The van der Waals surface area contributed by atoms with E-state index in [4.69, 9.17) is 0 Å². The Balaban J connectivity index is 1.65. The van der Waals surface area contributed by atoms with E-state index in [0.29, 0.717) is 12.5 Å². The standard InChI is InChI=1S/C22H28N2O/c1-2-24-15-13-20(14-16-24)23-22(25)17-21(18-9-5-3-6-10-18)19-11-7-4-8-12-19/h3-12,20-21H,2,13-17H2,1H3,(H,23,25). The molecule has 3 heteroatoms. The van der Waals surface area contributed by atoms with Crippen LogP contribution in [0.5, 0.6) is 0 Å². The molecule has 3 rings (SSSR count). The summed E-state index contributed by atoms with van der Waals surface area (Å²) in [6.45, 7) is 5.47. The van der Waals surface area contributed by atoms with Gasteiger partial charge >= 0.3 is 0 Å². The van der Waals surface area contributed by atoms with Crippen LogP contribution >= 0.6 is 0 Å². The Morgan fingerprint density at radius 1 is 1.00 bits per heavy atom. The van der Waals surface area contributed by atoms with Gasteiger partial charge in [-0.05, 0) is 30.5 Å². The summed E-state index contributed by atoms with van der Waals surface area (Å²) in [5.74, 6) is 0.269. The first kappa shape index (κ1) is 17.7. The fourth-order valence-electron chi connectivity index (χ4n) is 3.66. The van der Waals surface area contributed by atoms with Gasteiger partial charge in [-0.15, -0.1) is 0 Å². The van der Waals surface area contributed by atoms with Crippen molar-refractivity contribution in [2.45, 2.75) is 38.1 Å². The number of carbonyl (C=O) groups is 1. The van der Waals surface area contributed by atoms with Crippen LogP contribution in [0.4, 0.5) is 0 Å². The summed E-state index contributed by atoms with van der Waals surface area (Å²) >= 11 is 0. The summed E-state index contributed by atoms with van der Waals surface area (Å²) in [6.07, 6.45) is 2.61. The molecular formula is C22H28N2O. The topological polar surface area (TPSA) is 32.3 Å². The molecule has 1 fully saturated rings. The van der Waals surface area contributed by atoms with Gasteiger partial charge in [-0.3, -0.25) is 4.79 Å². The Bertz CT molecular complexity index is 609. The van der Waals surface area contributed by atoms with Crippen molar-refractivity contribution < 1.29 is 4.79 Å². The zero-order valence-corrected chi connectivity index (χ0v) is 15.0. The fraction of sp³-hybridized carbons (Fsp3) is 0.409. The number of likely N-dealkylation sites (tertiary alicyclic amines) is 1. The van der Waals surface area contributed by atoms with Crippen molar-refractivity contribution in [3.63, 3.8) is 0 Å². The smallest absolute Gasteiger partial charge is 0.221 e. The molecule has 0 spiro atoms. The van der Waals surface area contributed by atoms with Crippen LogP contribution in [0.1, 0.15) is 43.2 Å². The number of carbonyl (C=O) groups excluding carboxylic acids is 1. The van der Waals surface area contributed by atoms with E-state index in [0.717, 1.165) is 32.5 Å². The van der Waals surface area contributed by atoms with Crippen molar-refractivity contribution >= 4 is 5.91 Å². The minimum absolute atomic E-state index is 0.109. The van der Waals surface area contributed by atoms with E-state index in [9.17, 15) is 4.79 Å². The van der Waals surface area contributed by atoms with Crippen LogP contribution in [-0.4, -0.2) is 36.5 Å². The van der Waals surface area contributed by atoms with Crippen LogP contribution in [0, 0.1) is 0 Å². The summed E-state index contributed by atoms with van der Waals surface area (Å²) in [4.78, 5) is 15.1. The second kappa shape index (κ2) is 8.82. The van der Waals surface area contributed by atoms with Crippen molar-refractivity contribution in [1.82, 2.24) is 10.2 Å². The normalized spacial score (nSPS) is 16.1. The molecule has 0 atom stereocenters. The van der Waals surface area contributed by atoms with Crippen molar-refractivity contribution in [1.29, 1.82) is 0 Å². The van der Waals surface area contributed by atoms with Gasteiger partial charge < -0.3 is 10.2 Å². The Morgan fingerprint density at radius 3 is 2.00 bits per heavy atom. The van der Waals surface area contributed by atoms with E-state index in [1.807, 2.05) is 36.4 Å². The lowest BCUT2D eigenvalue weighted by Gasteiger charge is -2.31. The lowest BCUT2D eigenvalue weighted by Crippen LogP contribution is -2.44. The summed E-state index contributed by atoms with van der Waals surface area (Å²) in [6, 6.07) is 21.0. The van der Waals surface area contributed by atoms with E-state index in [-0.39, 0.29) is 11.8 Å². The minimum atomic E-state index is 0.109. The molecule has 1 N–H and O–H groups in total. The lowest BCUT2D eigenvalue weighted by molar-refractivity contribution is -0.122. The number of nitrogens with one attached hydrogen (secondary N) is 1. The van der Waals surface area contributed by atoms with Crippen LogP contribution < -0.4 is 5.32 Å². The van der Waals surface area contributed by atoms with Crippen LogP contribution in [0.3, 0.4) is 0 Å². The highest BCUT2D eigenvalue weighted by Gasteiger charge is 2.22. The number of nitrogens with zero attached hydrogens (tertiary/aromatic N) is 1. The minimum Gasteiger partial charge on any atom is -0.353 e. The van der Waals surface area contributed by atoms with Gasteiger partial charge in [0.15, 0.2) is 0 Å². The first-order chi connectivity index (χ1) is 12.3. The van der Waals surface area contributed by atoms with Gasteiger partial charge in [-0.2, -0.15) is 0 Å². The van der Waals surface area contributed by atoms with E-state index in [2.05, 4.69) is 41.4 Å². The molecule has 1 aliphatic rings. The first-order valence-electron chi connectivity index (χ1n) is 9.38. The summed E-state index contributed by atoms with van der Waals surface area (Å²) < 4.78 is 0. The molecule has 25 heavy (non-hydrogen) atoms. The quantitative estimate of drug-likeness (QED) is 0.870. The SMILES string of the molecule is CCN1CCC(NC(=O)CC(c2ccccc2)c2ccccc2)CC1. The monoisotopic (exact) mass is 336 g/mol. The van der Waals surface area contributed by atoms with Gasteiger partial charge in [-0.25, -0.2) is 0 Å². The molecule has 132 valence electrons. The highest BCUT2D eigenvalue weighted by molar-refractivity contribution is 5.78. The largest absolute Gasteiger partial charge is 0.353 e. The molecule has 0 aromatic heterocycles. The molecule has 3 nitrogen and oxygen atoms in total. The summed E-state index contributed by atoms with van der Waals surface area (Å²) in [5.41, 5.74) is 2.40. The number of rotatable bonds is 6. The van der Waals surface area contributed by atoms with Crippen molar-refractivity contribution in [3.8, 4) is 0 Å². The first-order valence-corrected chi connectivity index (χ1v) is 9.38. The fourth-order valence-corrected chi connectivity index (χ4v) is 3.66. The maximum atomic E-state index is 12.7. The lowest BCUT2D eigenvalue weighted by atomic mass is 9.88. The third-order valence-electron chi connectivity index (χ3n) is 5.19. The third kappa shape index (κ3) is 4.93. The van der Waals surface area contributed by atoms with Crippen molar-refractivity contribution in [2.75, 3.05) is 19.6 Å². The van der Waals surface area contributed by atoms with Gasteiger partial charge in [0.1, 0.15) is 0 Å². The van der Waals surface area contributed by atoms with Crippen LogP contribution in [0.25, 0.3) is 0 Å². The third-order valence-corrected chi connectivity index (χ3v) is 5.19. The average Bonchev–Trinajstić information content (AvgIpc) is 2.68. The summed E-state index contributed by atoms with van der Waals surface area (Å²) in [7, 11) is 0. The van der Waals surface area contributed by atoms with Crippen molar-refractivity contribution in [3.05, 3.63) is 71.8 Å². The molecule has 2 aromatic carbocycles. The van der Waals surface area contributed by atoms with Gasteiger partial charge in [0.2, 0.25) is 5.91 Å². The second-order valence-electron chi connectivity index (χ2n) is 6.85. The van der Waals surface area contributed by atoms with E-state index < -0.39 is 0 Å². The van der Waals surface area contributed by atoms with Gasteiger partial charge in [-0.1, -0.05) is 67.6 Å². The van der Waals surface area contributed by atoms with Crippen molar-refractivity contribution in [2.24, 2.45) is 0 Å². The Labute approximate surface area is 151 Å². The zero-order valence-electron chi connectivity index (χ0n) is 15.0. The average molecular weight is 336 g/mol. The molecule has 0 saturated carbocycles. The molecule has 0 radical (unpaired) electrons. The molecule has 1 aliphatic heterocycles. The Kier molecular flexibility index (Phi) is 6.24. The maximum Gasteiger partial charge on any atom is 0.221 e. The Hall–Kier alpha value is -2.13. The number of hydrogen-bond acceptors (Lipinski definition) is 2. The molecule has 1 saturated heterocycles. The predicted molar refractivity (Wildman–Crippen MR) is 103 cm³/mol. The number of amides is 1. The van der Waals surface area contributed by atoms with E-state index in [1.165, 1.54) is 11.1 Å². The molecule has 1 amide bonds. The van der Waals surface area contributed by atoms with Crippen LogP contribution in [0.2, 0.25) is 0 Å². The number of piperidine rings is 1. The van der Waals surface area contributed by atoms with Gasteiger partial charge in [0.25, 0.3) is 0 Å². The zero-order chi connectivity index (χ0) is 17.5. The predicted octanol–water partition coefficient (Wildman–Crippen LogP) is 3.81. The molecular weight excluding hydrogens is 308 g/mol. The molecule has 2 aromatic rings. The highest BCUT2D eigenvalue weighted by Crippen LogP contribution is 2.28. The summed E-state index contributed by atoms with van der Waals surface area (Å²) in [5, 5.41) is 3.27. The highest BCUT2D eigenvalue weighted by atomic mass is 16.1. The Morgan fingerprint density at radius 2 is 1.52 bits per heavy atom. The second-order valence-corrected chi connectivity index (χ2v) is 6.85. The molecule has 0 aliphatic carbocycles. The molecule has 0 bridgehead atoms. The van der Waals surface area contributed by atoms with Crippen LogP contribution in [-0.2, 0) is 4.79 Å². The van der Waals surface area contributed by atoms with Crippen LogP contribution in [0.15, 0.2) is 60.7 Å². The van der Waals surface area contributed by atoms with E-state index in [1.54, 1.807) is 0 Å². The molecule has 0 unspecified atom stereocenters. The van der Waals surface area contributed by atoms with Gasteiger partial charge in [0.05, 0.1) is 0 Å². The molecule has 1 heterocycles. The maximum absolute atomic E-state index is 12.7. The number of benzene rings is 2. The number of hydrogen-bond donors (Lipinski definition) is 1. The van der Waals surface area contributed by atoms with E-state index >= 15 is 0 Å².